The number of carboxylic acid groups (broad SMARTS) is 1. The molecule has 0 bridgehead atoms. The number of carboxylic acids is 1. The van der Waals surface area contributed by atoms with Crippen molar-refractivity contribution in [2.75, 3.05) is 18.8 Å². The second-order valence-corrected chi connectivity index (χ2v) is 4.78. The second-order valence-electron chi connectivity index (χ2n) is 2.85. The van der Waals surface area contributed by atoms with Crippen LogP contribution in [0.5, 0.6) is 0 Å². The predicted molar refractivity (Wildman–Crippen MR) is 52.3 cm³/mol. The maximum absolute atomic E-state index is 11.1. The van der Waals surface area contributed by atoms with Crippen LogP contribution in [0, 0.1) is 0 Å². The normalized spacial score (nSPS) is 11.5. The third-order valence-corrected chi connectivity index (χ3v) is 2.98. The molecule has 0 aromatic rings. The van der Waals surface area contributed by atoms with Gasteiger partial charge in [0.2, 0.25) is 10.0 Å². The quantitative estimate of drug-likeness (QED) is 0.464. The highest BCUT2D eigenvalue weighted by molar-refractivity contribution is 7.89. The van der Waals surface area contributed by atoms with Crippen LogP contribution in [0.2, 0.25) is 0 Å². The van der Waals surface area contributed by atoms with E-state index < -0.39 is 16.0 Å². The molecular formula is C7H16N2O4S. The summed E-state index contributed by atoms with van der Waals surface area (Å²) in [5.41, 5.74) is 5.19. The summed E-state index contributed by atoms with van der Waals surface area (Å²) < 4.78 is 24.6. The molecule has 0 aromatic carbocycles. The van der Waals surface area contributed by atoms with Crippen LogP contribution >= 0.6 is 0 Å². The van der Waals surface area contributed by atoms with E-state index in [4.69, 9.17) is 10.8 Å². The van der Waals surface area contributed by atoms with Gasteiger partial charge in [-0.3, -0.25) is 4.79 Å². The first-order valence-electron chi connectivity index (χ1n) is 4.37. The van der Waals surface area contributed by atoms with E-state index in [2.05, 4.69) is 4.72 Å². The van der Waals surface area contributed by atoms with E-state index >= 15 is 0 Å². The Kier molecular flexibility index (Phi) is 6.43. The van der Waals surface area contributed by atoms with Crippen molar-refractivity contribution < 1.29 is 18.3 Å². The van der Waals surface area contributed by atoms with E-state index in [1.54, 1.807) is 0 Å². The molecule has 0 radical (unpaired) electrons. The second kappa shape index (κ2) is 6.74. The van der Waals surface area contributed by atoms with Crippen molar-refractivity contribution >= 4 is 16.0 Å². The van der Waals surface area contributed by atoms with Crippen molar-refractivity contribution in [3.8, 4) is 0 Å². The molecule has 0 amide bonds. The molecule has 0 unspecified atom stereocenters. The molecule has 7 heteroatoms. The lowest BCUT2D eigenvalue weighted by atomic mass is 10.3. The lowest BCUT2D eigenvalue weighted by molar-refractivity contribution is -0.137. The highest BCUT2D eigenvalue weighted by Crippen LogP contribution is 1.94. The molecule has 4 N–H and O–H groups in total. The molecule has 0 saturated heterocycles. The molecule has 0 fully saturated rings. The minimum Gasteiger partial charge on any atom is -0.481 e. The number of aliphatic carboxylic acids is 1. The van der Waals surface area contributed by atoms with Gasteiger partial charge in [-0.25, -0.2) is 13.1 Å². The van der Waals surface area contributed by atoms with Gasteiger partial charge in [0.25, 0.3) is 0 Å². The SMILES string of the molecule is NCCCNS(=O)(=O)CCCC(=O)O. The van der Waals surface area contributed by atoms with E-state index in [1.807, 2.05) is 0 Å². The van der Waals surface area contributed by atoms with E-state index in [1.165, 1.54) is 0 Å². The van der Waals surface area contributed by atoms with Gasteiger partial charge in [0, 0.05) is 13.0 Å². The third kappa shape index (κ3) is 7.96. The molecule has 0 aromatic heterocycles. The number of hydrogen-bond acceptors (Lipinski definition) is 4. The lowest BCUT2D eigenvalue weighted by Gasteiger charge is -2.04. The zero-order valence-corrected chi connectivity index (χ0v) is 8.72. The number of sulfonamides is 1. The third-order valence-electron chi connectivity index (χ3n) is 1.51. The van der Waals surface area contributed by atoms with Crippen LogP contribution in [0.4, 0.5) is 0 Å². The fourth-order valence-corrected chi connectivity index (χ4v) is 1.94. The Balaban J connectivity index is 3.67. The molecule has 14 heavy (non-hydrogen) atoms. The van der Waals surface area contributed by atoms with E-state index in [0.717, 1.165) is 0 Å². The number of hydrogen-bond donors (Lipinski definition) is 3. The average molecular weight is 224 g/mol. The molecule has 0 aliphatic heterocycles. The number of nitrogens with two attached hydrogens (primary N) is 1. The van der Waals surface area contributed by atoms with Gasteiger partial charge < -0.3 is 10.8 Å². The summed E-state index contributed by atoms with van der Waals surface area (Å²) in [5.74, 6) is -1.13. The monoisotopic (exact) mass is 224 g/mol. The largest absolute Gasteiger partial charge is 0.481 e. The minimum atomic E-state index is -3.32. The summed E-state index contributed by atoms with van der Waals surface area (Å²) in [6, 6.07) is 0. The summed E-state index contributed by atoms with van der Waals surface area (Å²) in [6.45, 7) is 0.740. The highest BCUT2D eigenvalue weighted by Gasteiger charge is 2.09. The van der Waals surface area contributed by atoms with Gasteiger partial charge >= 0.3 is 5.97 Å². The summed E-state index contributed by atoms with van der Waals surface area (Å²) >= 11 is 0. The topological polar surface area (TPSA) is 109 Å². The first-order chi connectivity index (χ1) is 6.48. The number of nitrogens with one attached hydrogen (secondary N) is 1. The van der Waals surface area contributed by atoms with Gasteiger partial charge in [-0.05, 0) is 19.4 Å². The molecular weight excluding hydrogens is 208 g/mol. The zero-order valence-electron chi connectivity index (χ0n) is 7.90. The first-order valence-corrected chi connectivity index (χ1v) is 6.02. The summed E-state index contributed by atoms with van der Waals surface area (Å²) in [5, 5.41) is 8.29. The van der Waals surface area contributed by atoms with Crippen LogP contribution in [0.1, 0.15) is 19.3 Å². The maximum atomic E-state index is 11.1. The standard InChI is InChI=1S/C7H16N2O4S/c8-4-2-5-9-14(12,13)6-1-3-7(10)11/h9H,1-6,8H2,(H,10,11). The van der Waals surface area contributed by atoms with Gasteiger partial charge in [-0.1, -0.05) is 0 Å². The molecule has 6 nitrogen and oxygen atoms in total. The molecule has 0 aliphatic carbocycles. The van der Waals surface area contributed by atoms with Gasteiger partial charge in [-0.15, -0.1) is 0 Å². The van der Waals surface area contributed by atoms with Crippen molar-refractivity contribution in [1.82, 2.24) is 4.72 Å². The van der Waals surface area contributed by atoms with Crippen molar-refractivity contribution in [3.05, 3.63) is 0 Å². The highest BCUT2D eigenvalue weighted by atomic mass is 32.2. The van der Waals surface area contributed by atoms with E-state index in [0.29, 0.717) is 19.5 Å². The Labute approximate surface area is 83.5 Å². The number of carbonyl (C=O) groups is 1. The van der Waals surface area contributed by atoms with E-state index in [-0.39, 0.29) is 18.6 Å². The molecule has 0 saturated carbocycles. The van der Waals surface area contributed by atoms with Crippen LogP contribution in [-0.2, 0) is 14.8 Å². The average Bonchev–Trinajstić information content (AvgIpc) is 2.03. The Hall–Kier alpha value is -0.660. The molecule has 0 aliphatic rings. The summed E-state index contributed by atoms with van der Waals surface area (Å²) in [6.07, 6.45) is 0.587. The predicted octanol–water partition coefficient (Wildman–Crippen LogP) is -0.881. The van der Waals surface area contributed by atoms with Crippen LogP contribution in [0.15, 0.2) is 0 Å². The van der Waals surface area contributed by atoms with Crippen molar-refractivity contribution in [2.45, 2.75) is 19.3 Å². The van der Waals surface area contributed by atoms with Gasteiger partial charge in [0.05, 0.1) is 5.75 Å². The minimum absolute atomic E-state index is 0.127. The lowest BCUT2D eigenvalue weighted by Crippen LogP contribution is -2.28. The molecule has 0 heterocycles. The molecule has 0 rings (SSSR count). The Morgan fingerprint density at radius 2 is 2.00 bits per heavy atom. The van der Waals surface area contributed by atoms with Crippen molar-refractivity contribution in [3.63, 3.8) is 0 Å². The van der Waals surface area contributed by atoms with Gasteiger partial charge in [0.1, 0.15) is 0 Å². The fourth-order valence-electron chi connectivity index (χ4n) is 0.815. The van der Waals surface area contributed by atoms with Crippen LogP contribution in [0.3, 0.4) is 0 Å². The van der Waals surface area contributed by atoms with Crippen molar-refractivity contribution in [2.24, 2.45) is 5.73 Å². The van der Waals surface area contributed by atoms with Gasteiger partial charge in [0.15, 0.2) is 0 Å². The summed E-state index contributed by atoms with van der Waals surface area (Å²) in [4.78, 5) is 10.1. The molecule has 84 valence electrons. The van der Waals surface area contributed by atoms with Crippen LogP contribution < -0.4 is 10.5 Å². The number of rotatable bonds is 8. The Morgan fingerprint density at radius 3 is 2.50 bits per heavy atom. The van der Waals surface area contributed by atoms with Crippen LogP contribution in [-0.4, -0.2) is 38.3 Å². The Morgan fingerprint density at radius 1 is 1.36 bits per heavy atom. The van der Waals surface area contributed by atoms with Crippen LogP contribution in [0.25, 0.3) is 0 Å². The first kappa shape index (κ1) is 13.3. The molecule has 0 atom stereocenters. The van der Waals surface area contributed by atoms with Gasteiger partial charge in [-0.2, -0.15) is 0 Å². The summed E-state index contributed by atoms with van der Waals surface area (Å²) in [7, 11) is -3.32. The fraction of sp³-hybridized carbons (Fsp3) is 0.857. The smallest absolute Gasteiger partial charge is 0.303 e. The molecule has 0 spiro atoms. The Bertz CT molecular complexity index is 263. The zero-order chi connectivity index (χ0) is 11.0. The van der Waals surface area contributed by atoms with Crippen molar-refractivity contribution in [1.29, 1.82) is 0 Å². The maximum Gasteiger partial charge on any atom is 0.303 e. The van der Waals surface area contributed by atoms with E-state index in [9.17, 15) is 13.2 Å².